The standard InChI is InChI=1S/C11H20N4O/c1-3-5-9(16)8-14-10-6-7-13-11(15-10)12-4-2/h6-7,9,16H,3-5,8H2,1-2H3,(H2,12,13,14,15). The highest BCUT2D eigenvalue weighted by Crippen LogP contribution is 2.06. The van der Waals surface area contributed by atoms with E-state index in [4.69, 9.17) is 0 Å². The van der Waals surface area contributed by atoms with Crippen molar-refractivity contribution in [3.8, 4) is 0 Å². The van der Waals surface area contributed by atoms with Gasteiger partial charge < -0.3 is 15.7 Å². The molecule has 0 spiro atoms. The number of nitrogens with one attached hydrogen (secondary N) is 2. The molecular formula is C11H20N4O. The molecule has 0 aliphatic rings. The second-order valence-corrected chi connectivity index (χ2v) is 3.62. The number of anilines is 2. The van der Waals surface area contributed by atoms with Crippen LogP contribution < -0.4 is 10.6 Å². The fraction of sp³-hybridized carbons (Fsp3) is 0.636. The molecule has 0 radical (unpaired) electrons. The molecule has 0 aliphatic heterocycles. The van der Waals surface area contributed by atoms with Crippen LogP contribution in [0.25, 0.3) is 0 Å². The van der Waals surface area contributed by atoms with Gasteiger partial charge in [-0.1, -0.05) is 13.3 Å². The van der Waals surface area contributed by atoms with Gasteiger partial charge in [0, 0.05) is 19.3 Å². The normalized spacial score (nSPS) is 12.2. The first kappa shape index (κ1) is 12.7. The third-order valence-electron chi connectivity index (χ3n) is 2.13. The Morgan fingerprint density at radius 1 is 1.38 bits per heavy atom. The summed E-state index contributed by atoms with van der Waals surface area (Å²) >= 11 is 0. The number of hydrogen-bond donors (Lipinski definition) is 3. The second-order valence-electron chi connectivity index (χ2n) is 3.62. The smallest absolute Gasteiger partial charge is 0.224 e. The summed E-state index contributed by atoms with van der Waals surface area (Å²) in [6.45, 7) is 5.37. The molecule has 1 aromatic rings. The average molecular weight is 224 g/mol. The highest BCUT2D eigenvalue weighted by molar-refractivity contribution is 5.39. The highest BCUT2D eigenvalue weighted by Gasteiger charge is 2.03. The Morgan fingerprint density at radius 2 is 2.19 bits per heavy atom. The summed E-state index contributed by atoms with van der Waals surface area (Å²) in [5.41, 5.74) is 0. The van der Waals surface area contributed by atoms with E-state index in [0.29, 0.717) is 12.5 Å². The van der Waals surface area contributed by atoms with Crippen molar-refractivity contribution in [3.63, 3.8) is 0 Å². The van der Waals surface area contributed by atoms with Gasteiger partial charge in [0.2, 0.25) is 5.95 Å². The third kappa shape index (κ3) is 4.44. The summed E-state index contributed by atoms with van der Waals surface area (Å²) in [7, 11) is 0. The van der Waals surface area contributed by atoms with Crippen molar-refractivity contribution in [1.82, 2.24) is 9.97 Å². The molecule has 1 aromatic heterocycles. The Bertz CT molecular complexity index is 306. The van der Waals surface area contributed by atoms with Gasteiger partial charge in [0.05, 0.1) is 6.10 Å². The Labute approximate surface area is 96.3 Å². The van der Waals surface area contributed by atoms with E-state index in [1.807, 2.05) is 6.92 Å². The number of aromatic nitrogens is 2. The van der Waals surface area contributed by atoms with E-state index >= 15 is 0 Å². The van der Waals surface area contributed by atoms with E-state index in [-0.39, 0.29) is 6.10 Å². The first-order chi connectivity index (χ1) is 7.76. The van der Waals surface area contributed by atoms with Crippen LogP contribution in [0.5, 0.6) is 0 Å². The molecule has 0 amide bonds. The SMILES string of the molecule is CCCC(O)CNc1ccnc(NCC)n1. The van der Waals surface area contributed by atoms with Crippen LogP contribution in [0.4, 0.5) is 11.8 Å². The minimum absolute atomic E-state index is 0.317. The molecular weight excluding hydrogens is 204 g/mol. The zero-order valence-corrected chi connectivity index (χ0v) is 9.90. The Kier molecular flexibility index (Phi) is 5.56. The fourth-order valence-electron chi connectivity index (χ4n) is 1.36. The number of hydrogen-bond acceptors (Lipinski definition) is 5. The summed E-state index contributed by atoms with van der Waals surface area (Å²) < 4.78 is 0. The van der Waals surface area contributed by atoms with Gasteiger partial charge in [-0.25, -0.2) is 4.98 Å². The molecule has 0 aromatic carbocycles. The van der Waals surface area contributed by atoms with E-state index in [1.165, 1.54) is 0 Å². The molecule has 90 valence electrons. The molecule has 0 aliphatic carbocycles. The maximum Gasteiger partial charge on any atom is 0.224 e. The van der Waals surface area contributed by atoms with E-state index < -0.39 is 0 Å². The lowest BCUT2D eigenvalue weighted by molar-refractivity contribution is 0.176. The lowest BCUT2D eigenvalue weighted by Crippen LogP contribution is -2.19. The largest absolute Gasteiger partial charge is 0.391 e. The molecule has 5 heteroatoms. The summed E-state index contributed by atoms with van der Waals surface area (Å²) in [4.78, 5) is 8.32. The summed E-state index contributed by atoms with van der Waals surface area (Å²) in [5.74, 6) is 1.35. The summed E-state index contributed by atoms with van der Waals surface area (Å²) in [6.07, 6.45) is 3.16. The molecule has 0 saturated heterocycles. The maximum atomic E-state index is 9.56. The van der Waals surface area contributed by atoms with Crippen LogP contribution in [0.15, 0.2) is 12.3 Å². The van der Waals surface area contributed by atoms with E-state index in [0.717, 1.165) is 25.2 Å². The van der Waals surface area contributed by atoms with Crippen LogP contribution >= 0.6 is 0 Å². The monoisotopic (exact) mass is 224 g/mol. The van der Waals surface area contributed by atoms with Gasteiger partial charge in [0.1, 0.15) is 5.82 Å². The first-order valence-electron chi connectivity index (χ1n) is 5.75. The van der Waals surface area contributed by atoms with Crippen molar-refractivity contribution in [3.05, 3.63) is 12.3 Å². The quantitative estimate of drug-likeness (QED) is 0.654. The fourth-order valence-corrected chi connectivity index (χ4v) is 1.36. The van der Waals surface area contributed by atoms with Crippen molar-refractivity contribution in [2.45, 2.75) is 32.8 Å². The van der Waals surface area contributed by atoms with Crippen molar-refractivity contribution in [2.75, 3.05) is 23.7 Å². The number of nitrogens with zero attached hydrogens (tertiary/aromatic N) is 2. The number of aliphatic hydroxyl groups excluding tert-OH is 1. The van der Waals surface area contributed by atoms with Crippen LogP contribution in [0.1, 0.15) is 26.7 Å². The van der Waals surface area contributed by atoms with Crippen molar-refractivity contribution >= 4 is 11.8 Å². The van der Waals surface area contributed by atoms with Crippen LogP contribution in [0.3, 0.4) is 0 Å². The van der Waals surface area contributed by atoms with Gasteiger partial charge >= 0.3 is 0 Å². The van der Waals surface area contributed by atoms with Gasteiger partial charge in [0.15, 0.2) is 0 Å². The molecule has 1 unspecified atom stereocenters. The Balaban J connectivity index is 2.44. The summed E-state index contributed by atoms with van der Waals surface area (Å²) in [6, 6.07) is 1.79. The van der Waals surface area contributed by atoms with Gasteiger partial charge in [-0.15, -0.1) is 0 Å². The van der Waals surface area contributed by atoms with Crippen LogP contribution in [-0.2, 0) is 0 Å². The van der Waals surface area contributed by atoms with Crippen molar-refractivity contribution in [2.24, 2.45) is 0 Å². The van der Waals surface area contributed by atoms with Crippen LogP contribution in [0.2, 0.25) is 0 Å². The van der Waals surface area contributed by atoms with Gasteiger partial charge in [-0.3, -0.25) is 0 Å². The summed E-state index contributed by atoms with van der Waals surface area (Å²) in [5, 5.41) is 15.7. The van der Waals surface area contributed by atoms with Crippen molar-refractivity contribution < 1.29 is 5.11 Å². The number of aliphatic hydroxyl groups is 1. The lowest BCUT2D eigenvalue weighted by Gasteiger charge is -2.11. The van der Waals surface area contributed by atoms with Crippen LogP contribution in [-0.4, -0.2) is 34.3 Å². The Hall–Kier alpha value is -1.36. The first-order valence-corrected chi connectivity index (χ1v) is 5.75. The molecule has 0 fully saturated rings. The molecule has 16 heavy (non-hydrogen) atoms. The Morgan fingerprint density at radius 3 is 2.88 bits per heavy atom. The molecule has 1 heterocycles. The zero-order chi connectivity index (χ0) is 11.8. The predicted octanol–water partition coefficient (Wildman–Crippen LogP) is 1.48. The van der Waals surface area contributed by atoms with Crippen molar-refractivity contribution in [1.29, 1.82) is 0 Å². The van der Waals surface area contributed by atoms with E-state index in [2.05, 4.69) is 27.5 Å². The zero-order valence-electron chi connectivity index (χ0n) is 9.90. The lowest BCUT2D eigenvalue weighted by atomic mass is 10.2. The third-order valence-corrected chi connectivity index (χ3v) is 2.13. The number of rotatable bonds is 7. The van der Waals surface area contributed by atoms with Gasteiger partial charge in [0.25, 0.3) is 0 Å². The van der Waals surface area contributed by atoms with Crippen LogP contribution in [0, 0.1) is 0 Å². The average Bonchev–Trinajstić information content (AvgIpc) is 2.28. The van der Waals surface area contributed by atoms with Gasteiger partial charge in [-0.2, -0.15) is 4.98 Å². The minimum atomic E-state index is -0.317. The van der Waals surface area contributed by atoms with E-state index in [9.17, 15) is 5.11 Å². The second kappa shape index (κ2) is 7.00. The minimum Gasteiger partial charge on any atom is -0.391 e. The molecule has 0 bridgehead atoms. The van der Waals surface area contributed by atoms with Gasteiger partial charge in [-0.05, 0) is 19.4 Å². The maximum absolute atomic E-state index is 9.56. The molecule has 1 atom stereocenters. The highest BCUT2D eigenvalue weighted by atomic mass is 16.3. The predicted molar refractivity (Wildman–Crippen MR) is 65.6 cm³/mol. The molecule has 0 saturated carbocycles. The topological polar surface area (TPSA) is 70.1 Å². The van der Waals surface area contributed by atoms with E-state index in [1.54, 1.807) is 12.3 Å². The molecule has 5 nitrogen and oxygen atoms in total. The molecule has 3 N–H and O–H groups in total. The molecule has 1 rings (SSSR count).